The highest BCUT2D eigenvalue weighted by molar-refractivity contribution is 5.82. The molecule has 1 amide bonds. The van der Waals surface area contributed by atoms with E-state index in [-0.39, 0.29) is 11.3 Å². The first kappa shape index (κ1) is 11.9. The topological polar surface area (TPSA) is 41.1 Å². The third kappa shape index (κ3) is 2.97. The average Bonchev–Trinajstić information content (AvgIpc) is 3.02. The molecule has 0 bridgehead atoms. The molecule has 3 heteroatoms. The Morgan fingerprint density at radius 3 is 2.88 bits per heavy atom. The van der Waals surface area contributed by atoms with Crippen LogP contribution in [0.4, 0.5) is 0 Å². The summed E-state index contributed by atoms with van der Waals surface area (Å²) in [6, 6.07) is 0.346. The zero-order valence-electron chi connectivity index (χ0n) is 10.5. The Kier molecular flexibility index (Phi) is 3.53. The van der Waals surface area contributed by atoms with Crippen LogP contribution in [-0.2, 0) is 4.79 Å². The quantitative estimate of drug-likeness (QED) is 0.763. The number of rotatable bonds is 4. The van der Waals surface area contributed by atoms with Crippen LogP contribution in [0.1, 0.15) is 46.0 Å². The maximum absolute atomic E-state index is 12.2. The molecular formula is C13H24N2O. The molecule has 0 aromatic heterocycles. The Bertz CT molecular complexity index is 255. The summed E-state index contributed by atoms with van der Waals surface area (Å²) < 4.78 is 0. The van der Waals surface area contributed by atoms with Crippen LogP contribution in [0.15, 0.2) is 0 Å². The van der Waals surface area contributed by atoms with E-state index in [1.165, 1.54) is 12.8 Å². The van der Waals surface area contributed by atoms with E-state index in [0.29, 0.717) is 6.04 Å². The lowest BCUT2D eigenvalue weighted by Gasteiger charge is -2.33. The Labute approximate surface area is 98.4 Å². The zero-order chi connectivity index (χ0) is 11.6. The molecule has 2 atom stereocenters. The van der Waals surface area contributed by atoms with Gasteiger partial charge in [0.25, 0.3) is 0 Å². The molecule has 3 nitrogen and oxygen atoms in total. The molecule has 1 aliphatic heterocycles. The van der Waals surface area contributed by atoms with Crippen LogP contribution < -0.4 is 10.6 Å². The summed E-state index contributed by atoms with van der Waals surface area (Å²) in [5, 5.41) is 6.50. The van der Waals surface area contributed by atoms with Gasteiger partial charge in [0, 0.05) is 12.6 Å². The van der Waals surface area contributed by atoms with Gasteiger partial charge in [-0.25, -0.2) is 0 Å². The minimum atomic E-state index is -0.184. The van der Waals surface area contributed by atoms with Crippen molar-refractivity contribution < 1.29 is 4.79 Å². The SMILES string of the molecule is CC(CC1CC1)NC(=O)C1(C)CCCNC1. The molecule has 16 heavy (non-hydrogen) atoms. The van der Waals surface area contributed by atoms with E-state index in [4.69, 9.17) is 0 Å². The number of hydrogen-bond acceptors (Lipinski definition) is 2. The van der Waals surface area contributed by atoms with Crippen molar-refractivity contribution in [1.82, 2.24) is 10.6 Å². The second kappa shape index (κ2) is 4.74. The number of nitrogens with one attached hydrogen (secondary N) is 2. The number of carbonyl (C=O) groups excluding carboxylic acids is 1. The first-order chi connectivity index (χ1) is 7.60. The molecule has 92 valence electrons. The van der Waals surface area contributed by atoms with Gasteiger partial charge in [-0.2, -0.15) is 0 Å². The molecule has 1 heterocycles. The maximum atomic E-state index is 12.2. The van der Waals surface area contributed by atoms with Crippen molar-refractivity contribution in [3.05, 3.63) is 0 Å². The Balaban J connectivity index is 1.80. The lowest BCUT2D eigenvalue weighted by atomic mass is 9.81. The summed E-state index contributed by atoms with van der Waals surface area (Å²) in [4.78, 5) is 12.2. The minimum absolute atomic E-state index is 0.184. The Hall–Kier alpha value is -0.570. The predicted molar refractivity (Wildman–Crippen MR) is 65.2 cm³/mol. The second-order valence-electron chi connectivity index (χ2n) is 5.89. The van der Waals surface area contributed by atoms with Crippen LogP contribution in [-0.4, -0.2) is 25.0 Å². The summed E-state index contributed by atoms with van der Waals surface area (Å²) >= 11 is 0. The van der Waals surface area contributed by atoms with Crippen LogP contribution in [0.5, 0.6) is 0 Å². The smallest absolute Gasteiger partial charge is 0.227 e. The number of hydrogen-bond donors (Lipinski definition) is 2. The third-order valence-corrected chi connectivity index (χ3v) is 3.91. The molecule has 1 aliphatic carbocycles. The minimum Gasteiger partial charge on any atom is -0.353 e. The fourth-order valence-electron chi connectivity index (χ4n) is 2.56. The summed E-state index contributed by atoms with van der Waals surface area (Å²) in [5.41, 5.74) is -0.184. The van der Waals surface area contributed by atoms with Crippen LogP contribution in [0.3, 0.4) is 0 Å². The molecule has 2 fully saturated rings. The van der Waals surface area contributed by atoms with E-state index in [1.807, 2.05) is 0 Å². The van der Waals surface area contributed by atoms with Crippen molar-refractivity contribution in [3.8, 4) is 0 Å². The van der Waals surface area contributed by atoms with Gasteiger partial charge in [-0.1, -0.05) is 12.8 Å². The van der Waals surface area contributed by atoms with Gasteiger partial charge in [-0.15, -0.1) is 0 Å². The monoisotopic (exact) mass is 224 g/mol. The van der Waals surface area contributed by atoms with Crippen molar-refractivity contribution in [2.45, 2.75) is 52.0 Å². The van der Waals surface area contributed by atoms with Gasteiger partial charge in [-0.05, 0) is 45.6 Å². The van der Waals surface area contributed by atoms with Gasteiger partial charge in [0.2, 0.25) is 5.91 Å². The predicted octanol–water partition coefficient (Wildman–Crippen LogP) is 1.68. The van der Waals surface area contributed by atoms with Crippen molar-refractivity contribution >= 4 is 5.91 Å². The van der Waals surface area contributed by atoms with Crippen molar-refractivity contribution in [2.24, 2.45) is 11.3 Å². The van der Waals surface area contributed by atoms with Gasteiger partial charge in [0.15, 0.2) is 0 Å². The lowest BCUT2D eigenvalue weighted by molar-refractivity contribution is -0.131. The lowest BCUT2D eigenvalue weighted by Crippen LogP contribution is -2.50. The van der Waals surface area contributed by atoms with E-state index in [2.05, 4.69) is 24.5 Å². The van der Waals surface area contributed by atoms with Crippen LogP contribution in [0.25, 0.3) is 0 Å². The molecule has 0 aromatic rings. The highest BCUT2D eigenvalue weighted by Gasteiger charge is 2.35. The molecule has 0 radical (unpaired) electrons. The molecular weight excluding hydrogens is 200 g/mol. The van der Waals surface area contributed by atoms with Crippen LogP contribution in [0.2, 0.25) is 0 Å². The Morgan fingerprint density at radius 2 is 2.31 bits per heavy atom. The van der Waals surface area contributed by atoms with E-state index in [1.54, 1.807) is 0 Å². The largest absolute Gasteiger partial charge is 0.353 e. The molecule has 1 saturated heterocycles. The molecule has 1 saturated carbocycles. The van der Waals surface area contributed by atoms with Gasteiger partial charge in [0.1, 0.15) is 0 Å². The summed E-state index contributed by atoms with van der Waals surface area (Å²) in [7, 11) is 0. The molecule has 2 unspecified atom stereocenters. The number of piperidine rings is 1. The van der Waals surface area contributed by atoms with Gasteiger partial charge < -0.3 is 10.6 Å². The van der Waals surface area contributed by atoms with Gasteiger partial charge >= 0.3 is 0 Å². The standard InChI is InChI=1S/C13H24N2O/c1-10(8-11-4-5-11)15-12(16)13(2)6-3-7-14-9-13/h10-11,14H,3-9H2,1-2H3,(H,15,16). The summed E-state index contributed by atoms with van der Waals surface area (Å²) in [6.45, 7) is 6.10. The fraction of sp³-hybridized carbons (Fsp3) is 0.923. The van der Waals surface area contributed by atoms with E-state index < -0.39 is 0 Å². The fourth-order valence-corrected chi connectivity index (χ4v) is 2.56. The van der Waals surface area contributed by atoms with Crippen molar-refractivity contribution in [2.75, 3.05) is 13.1 Å². The molecule has 0 aromatic carbocycles. The first-order valence-electron chi connectivity index (χ1n) is 6.62. The van der Waals surface area contributed by atoms with Gasteiger partial charge in [0.05, 0.1) is 5.41 Å². The highest BCUT2D eigenvalue weighted by atomic mass is 16.2. The highest BCUT2D eigenvalue weighted by Crippen LogP contribution is 2.33. The molecule has 2 rings (SSSR count). The normalized spacial score (nSPS) is 32.1. The molecule has 0 spiro atoms. The molecule has 2 N–H and O–H groups in total. The maximum Gasteiger partial charge on any atom is 0.227 e. The van der Waals surface area contributed by atoms with Gasteiger partial charge in [-0.3, -0.25) is 4.79 Å². The van der Waals surface area contributed by atoms with Crippen LogP contribution in [0, 0.1) is 11.3 Å². The number of carbonyl (C=O) groups is 1. The zero-order valence-corrected chi connectivity index (χ0v) is 10.5. The van der Waals surface area contributed by atoms with Crippen molar-refractivity contribution in [1.29, 1.82) is 0 Å². The van der Waals surface area contributed by atoms with Crippen molar-refractivity contribution in [3.63, 3.8) is 0 Å². The first-order valence-corrected chi connectivity index (χ1v) is 6.62. The third-order valence-electron chi connectivity index (χ3n) is 3.91. The number of amides is 1. The van der Waals surface area contributed by atoms with E-state index in [9.17, 15) is 4.79 Å². The average molecular weight is 224 g/mol. The van der Waals surface area contributed by atoms with Crippen LogP contribution >= 0.6 is 0 Å². The molecule has 2 aliphatic rings. The summed E-state index contributed by atoms with van der Waals surface area (Å²) in [6.07, 6.45) is 6.01. The van der Waals surface area contributed by atoms with E-state index >= 15 is 0 Å². The summed E-state index contributed by atoms with van der Waals surface area (Å²) in [5.74, 6) is 1.13. The van der Waals surface area contributed by atoms with E-state index in [0.717, 1.165) is 38.3 Å². The second-order valence-corrected chi connectivity index (χ2v) is 5.89. The Morgan fingerprint density at radius 1 is 1.56 bits per heavy atom.